The summed E-state index contributed by atoms with van der Waals surface area (Å²) in [5.74, 6) is 0. The van der Waals surface area contributed by atoms with Crippen LogP contribution in [0.2, 0.25) is 0 Å². The summed E-state index contributed by atoms with van der Waals surface area (Å²) in [4.78, 5) is 0. The summed E-state index contributed by atoms with van der Waals surface area (Å²) in [5.41, 5.74) is 12.7. The van der Waals surface area contributed by atoms with Crippen LogP contribution >= 0.6 is 0 Å². The minimum atomic E-state index is 1.17. The van der Waals surface area contributed by atoms with Crippen molar-refractivity contribution in [1.82, 2.24) is 5.43 Å². The van der Waals surface area contributed by atoms with Crippen LogP contribution in [0.25, 0.3) is 0 Å². The molecule has 0 atom stereocenters. The fourth-order valence-electron chi connectivity index (χ4n) is 1.48. The highest BCUT2D eigenvalue weighted by atomic mass is 15.3. The van der Waals surface area contributed by atoms with E-state index < -0.39 is 0 Å². The molecule has 0 aliphatic carbocycles. The van der Waals surface area contributed by atoms with E-state index in [0.717, 1.165) is 0 Å². The van der Waals surface area contributed by atoms with Crippen LogP contribution < -0.4 is 10.9 Å². The van der Waals surface area contributed by atoms with Crippen LogP contribution in [0, 0.1) is 27.7 Å². The summed E-state index contributed by atoms with van der Waals surface area (Å²) >= 11 is 0. The highest BCUT2D eigenvalue weighted by Crippen LogP contribution is 2.24. The fraction of sp³-hybridized carbons (Fsp3) is 0.455. The Morgan fingerprint density at radius 2 is 1.54 bits per heavy atom. The largest absolute Gasteiger partial charge is 0.321 e. The zero-order valence-corrected chi connectivity index (χ0v) is 9.08. The lowest BCUT2D eigenvalue weighted by molar-refractivity contribution is 0.975. The SMILES string of the molecule is CNNc1cc(C)c(C)c(C)c1C. The Balaban J connectivity index is 3.24. The first-order chi connectivity index (χ1) is 6.07. The first-order valence-electron chi connectivity index (χ1n) is 4.58. The summed E-state index contributed by atoms with van der Waals surface area (Å²) in [5, 5.41) is 0. The van der Waals surface area contributed by atoms with Crippen LogP contribution in [0.15, 0.2) is 6.07 Å². The molecule has 0 aromatic heterocycles. The summed E-state index contributed by atoms with van der Waals surface area (Å²) in [6.45, 7) is 8.61. The van der Waals surface area contributed by atoms with Gasteiger partial charge in [0.15, 0.2) is 0 Å². The van der Waals surface area contributed by atoms with E-state index in [1.807, 2.05) is 7.05 Å². The zero-order chi connectivity index (χ0) is 10.0. The van der Waals surface area contributed by atoms with E-state index in [-0.39, 0.29) is 0 Å². The smallest absolute Gasteiger partial charge is 0.0522 e. The molecule has 2 heteroatoms. The molecular weight excluding hydrogens is 160 g/mol. The van der Waals surface area contributed by atoms with Crippen molar-refractivity contribution in [2.75, 3.05) is 12.5 Å². The Hall–Kier alpha value is -1.02. The number of anilines is 1. The van der Waals surface area contributed by atoms with Crippen molar-refractivity contribution in [3.63, 3.8) is 0 Å². The van der Waals surface area contributed by atoms with Crippen molar-refractivity contribution in [3.8, 4) is 0 Å². The Morgan fingerprint density at radius 1 is 0.923 bits per heavy atom. The monoisotopic (exact) mass is 178 g/mol. The van der Waals surface area contributed by atoms with E-state index in [4.69, 9.17) is 0 Å². The van der Waals surface area contributed by atoms with Crippen molar-refractivity contribution >= 4 is 5.69 Å². The molecule has 0 saturated carbocycles. The molecule has 0 aliphatic rings. The third-order valence-electron chi connectivity index (χ3n) is 2.74. The molecule has 2 nitrogen and oxygen atoms in total. The third-order valence-corrected chi connectivity index (χ3v) is 2.74. The van der Waals surface area contributed by atoms with E-state index in [1.54, 1.807) is 0 Å². The molecule has 2 N–H and O–H groups in total. The van der Waals surface area contributed by atoms with Crippen LogP contribution in [-0.2, 0) is 0 Å². The standard InChI is InChI=1S/C11H18N2/c1-7-6-11(13-12-5)10(4)9(3)8(7)2/h6,12-13H,1-5H3. The molecule has 1 rings (SSSR count). The van der Waals surface area contributed by atoms with Gasteiger partial charge in [0.1, 0.15) is 0 Å². The number of hydrogen-bond donors (Lipinski definition) is 2. The van der Waals surface area contributed by atoms with Crippen LogP contribution in [0.5, 0.6) is 0 Å². The molecule has 0 aliphatic heterocycles. The van der Waals surface area contributed by atoms with Gasteiger partial charge in [0.25, 0.3) is 0 Å². The van der Waals surface area contributed by atoms with Crippen LogP contribution in [-0.4, -0.2) is 7.05 Å². The Morgan fingerprint density at radius 3 is 2.08 bits per heavy atom. The highest BCUT2D eigenvalue weighted by molar-refractivity contribution is 5.58. The molecule has 0 saturated heterocycles. The number of hydrazine groups is 1. The quantitative estimate of drug-likeness (QED) is 0.680. The van der Waals surface area contributed by atoms with Gasteiger partial charge in [0, 0.05) is 7.05 Å². The zero-order valence-electron chi connectivity index (χ0n) is 9.08. The van der Waals surface area contributed by atoms with Crippen molar-refractivity contribution in [2.24, 2.45) is 0 Å². The molecule has 0 bridgehead atoms. The van der Waals surface area contributed by atoms with Gasteiger partial charge in [0.05, 0.1) is 5.69 Å². The van der Waals surface area contributed by atoms with Gasteiger partial charge in [0.2, 0.25) is 0 Å². The van der Waals surface area contributed by atoms with Crippen LogP contribution in [0.3, 0.4) is 0 Å². The van der Waals surface area contributed by atoms with Gasteiger partial charge >= 0.3 is 0 Å². The Kier molecular flexibility index (Phi) is 2.94. The second-order valence-corrected chi connectivity index (χ2v) is 3.49. The molecule has 1 aromatic rings. The summed E-state index contributed by atoms with van der Waals surface area (Å²) < 4.78 is 0. The number of nitrogens with one attached hydrogen (secondary N) is 2. The first kappa shape index (κ1) is 10.1. The minimum Gasteiger partial charge on any atom is -0.321 e. The number of benzene rings is 1. The van der Waals surface area contributed by atoms with Crippen molar-refractivity contribution in [1.29, 1.82) is 0 Å². The van der Waals surface area contributed by atoms with Crippen LogP contribution in [0.1, 0.15) is 22.3 Å². The summed E-state index contributed by atoms with van der Waals surface area (Å²) in [6.07, 6.45) is 0. The molecule has 0 amide bonds. The lowest BCUT2D eigenvalue weighted by atomic mass is 9.98. The summed E-state index contributed by atoms with van der Waals surface area (Å²) in [6, 6.07) is 2.17. The van der Waals surface area contributed by atoms with E-state index >= 15 is 0 Å². The Labute approximate surface area is 80.3 Å². The molecule has 72 valence electrons. The van der Waals surface area contributed by atoms with Gasteiger partial charge in [-0.15, -0.1) is 0 Å². The first-order valence-corrected chi connectivity index (χ1v) is 4.58. The van der Waals surface area contributed by atoms with Crippen molar-refractivity contribution in [3.05, 3.63) is 28.3 Å². The molecule has 0 heterocycles. The summed E-state index contributed by atoms with van der Waals surface area (Å²) in [7, 11) is 1.88. The van der Waals surface area contributed by atoms with E-state index in [0.29, 0.717) is 0 Å². The van der Waals surface area contributed by atoms with E-state index in [9.17, 15) is 0 Å². The molecule has 0 fully saturated rings. The van der Waals surface area contributed by atoms with Gasteiger partial charge in [-0.2, -0.15) is 0 Å². The normalized spacial score (nSPS) is 10.2. The highest BCUT2D eigenvalue weighted by Gasteiger charge is 2.05. The number of hydrogen-bond acceptors (Lipinski definition) is 2. The van der Waals surface area contributed by atoms with E-state index in [2.05, 4.69) is 44.6 Å². The number of rotatable bonds is 2. The van der Waals surface area contributed by atoms with Gasteiger partial charge in [-0.3, -0.25) is 0 Å². The predicted molar refractivity (Wildman–Crippen MR) is 58.1 cm³/mol. The molecule has 0 spiro atoms. The van der Waals surface area contributed by atoms with Gasteiger partial charge in [-0.05, 0) is 56.0 Å². The van der Waals surface area contributed by atoms with Crippen LogP contribution in [0.4, 0.5) is 5.69 Å². The maximum atomic E-state index is 3.13. The van der Waals surface area contributed by atoms with Crippen molar-refractivity contribution in [2.45, 2.75) is 27.7 Å². The molecule has 0 radical (unpaired) electrons. The van der Waals surface area contributed by atoms with E-state index in [1.165, 1.54) is 27.9 Å². The maximum Gasteiger partial charge on any atom is 0.0522 e. The van der Waals surface area contributed by atoms with Gasteiger partial charge < -0.3 is 5.43 Å². The second-order valence-electron chi connectivity index (χ2n) is 3.49. The molecule has 1 aromatic carbocycles. The topological polar surface area (TPSA) is 24.1 Å². The Bertz CT molecular complexity index is 316. The molecule has 13 heavy (non-hydrogen) atoms. The minimum absolute atomic E-state index is 1.17. The molecule has 0 unspecified atom stereocenters. The average Bonchev–Trinajstić information content (AvgIpc) is 2.11. The van der Waals surface area contributed by atoms with Crippen molar-refractivity contribution < 1.29 is 0 Å². The average molecular weight is 178 g/mol. The molecular formula is C11H18N2. The van der Waals surface area contributed by atoms with Gasteiger partial charge in [-0.25, -0.2) is 5.43 Å². The third kappa shape index (κ3) is 1.83. The predicted octanol–water partition coefficient (Wildman–Crippen LogP) is 2.47. The lowest BCUT2D eigenvalue weighted by Crippen LogP contribution is -2.16. The fourth-order valence-corrected chi connectivity index (χ4v) is 1.48. The second kappa shape index (κ2) is 3.79. The maximum absolute atomic E-state index is 3.13. The number of aryl methyl sites for hydroxylation is 1. The van der Waals surface area contributed by atoms with Gasteiger partial charge in [-0.1, -0.05) is 0 Å². The lowest BCUT2D eigenvalue weighted by Gasteiger charge is -2.14.